The fourth-order valence-corrected chi connectivity index (χ4v) is 8.36. The van der Waals surface area contributed by atoms with Gasteiger partial charge in [-0.25, -0.2) is 9.97 Å². The van der Waals surface area contributed by atoms with Crippen LogP contribution < -0.4 is 0 Å². The van der Waals surface area contributed by atoms with Crippen LogP contribution in [0.5, 0.6) is 0 Å². The maximum absolute atomic E-state index is 5.25. The molecule has 56 heavy (non-hydrogen) atoms. The first-order chi connectivity index (χ1) is 27.8. The van der Waals surface area contributed by atoms with Crippen LogP contribution in [0, 0.1) is 0 Å². The van der Waals surface area contributed by atoms with E-state index < -0.39 is 0 Å². The zero-order valence-electron chi connectivity index (χ0n) is 30.4. The van der Waals surface area contributed by atoms with Crippen LogP contribution in [0.3, 0.4) is 0 Å². The Morgan fingerprint density at radius 3 is 1.61 bits per heavy atom. The summed E-state index contributed by atoms with van der Waals surface area (Å²) in [5, 5.41) is 4.90. The Morgan fingerprint density at radius 2 is 0.839 bits per heavy atom. The molecule has 8 aromatic carbocycles. The molecule has 0 aliphatic heterocycles. The normalized spacial score (nSPS) is 11.6. The molecule has 0 saturated heterocycles. The Hall–Kier alpha value is -7.56. The molecule has 0 bridgehead atoms. The van der Waals surface area contributed by atoms with E-state index in [0.29, 0.717) is 5.82 Å². The number of hydrogen-bond donors (Lipinski definition) is 0. The molecule has 11 rings (SSSR count). The van der Waals surface area contributed by atoms with Crippen LogP contribution in [-0.2, 0) is 0 Å². The zero-order chi connectivity index (χ0) is 37.0. The highest BCUT2D eigenvalue weighted by Gasteiger charge is 2.19. The number of aromatic nitrogens is 4. The third kappa shape index (κ3) is 5.23. The second-order valence-electron chi connectivity index (χ2n) is 14.2. The molecule has 0 atom stereocenters. The van der Waals surface area contributed by atoms with Crippen molar-refractivity contribution < 1.29 is 0 Å². The summed E-state index contributed by atoms with van der Waals surface area (Å²) in [6.07, 6.45) is 0. The van der Waals surface area contributed by atoms with Crippen LogP contribution in [0.4, 0.5) is 0 Å². The average Bonchev–Trinajstić information content (AvgIpc) is 3.79. The number of rotatable bonds is 6. The van der Waals surface area contributed by atoms with Crippen LogP contribution in [-0.4, -0.2) is 19.1 Å². The first-order valence-corrected chi connectivity index (χ1v) is 19.0. The highest BCUT2D eigenvalue weighted by atomic mass is 15.0. The summed E-state index contributed by atoms with van der Waals surface area (Å²) in [4.78, 5) is 10.3. The minimum absolute atomic E-state index is 0.699. The van der Waals surface area contributed by atoms with Gasteiger partial charge in [-0.2, -0.15) is 0 Å². The topological polar surface area (TPSA) is 35.6 Å². The molecule has 4 heteroatoms. The van der Waals surface area contributed by atoms with E-state index in [4.69, 9.17) is 9.97 Å². The van der Waals surface area contributed by atoms with E-state index in [2.05, 4.69) is 191 Å². The van der Waals surface area contributed by atoms with Gasteiger partial charge in [0.25, 0.3) is 0 Å². The number of benzene rings is 8. The standard InChI is InChI=1S/C52H34N4/c1-4-16-35(17-5-1)45-34-46(54-52(53-45)36-18-6-2-7-19-36)43-24-12-15-27-49(43)56-48-26-14-10-22-40(48)42-30-28-38(33-51(42)56)37-29-31-50-44(32-37)41-23-11-13-25-47(41)55(50)39-20-8-3-9-21-39/h1-34H. The van der Waals surface area contributed by atoms with Gasteiger partial charge in [0.1, 0.15) is 0 Å². The lowest BCUT2D eigenvalue weighted by molar-refractivity contribution is 1.15. The van der Waals surface area contributed by atoms with Crippen molar-refractivity contribution in [2.24, 2.45) is 0 Å². The van der Waals surface area contributed by atoms with E-state index >= 15 is 0 Å². The van der Waals surface area contributed by atoms with Crippen LogP contribution in [0.15, 0.2) is 206 Å². The first-order valence-electron chi connectivity index (χ1n) is 19.0. The first kappa shape index (κ1) is 31.9. The third-order valence-electron chi connectivity index (χ3n) is 10.9. The molecule has 0 aliphatic rings. The fourth-order valence-electron chi connectivity index (χ4n) is 8.36. The van der Waals surface area contributed by atoms with E-state index in [1.54, 1.807) is 0 Å². The Kier molecular flexibility index (Phi) is 7.46. The van der Waals surface area contributed by atoms with Gasteiger partial charge in [-0.05, 0) is 65.7 Å². The van der Waals surface area contributed by atoms with Gasteiger partial charge in [-0.1, -0.05) is 152 Å². The summed E-state index contributed by atoms with van der Waals surface area (Å²) in [6, 6.07) is 73.2. The molecule has 0 amide bonds. The summed E-state index contributed by atoms with van der Waals surface area (Å²) >= 11 is 0. The molecule has 0 spiro atoms. The van der Waals surface area contributed by atoms with E-state index in [-0.39, 0.29) is 0 Å². The molecule has 11 aromatic rings. The maximum Gasteiger partial charge on any atom is 0.160 e. The van der Waals surface area contributed by atoms with Crippen molar-refractivity contribution in [2.75, 3.05) is 0 Å². The van der Waals surface area contributed by atoms with Crippen molar-refractivity contribution in [3.05, 3.63) is 206 Å². The second kappa shape index (κ2) is 13.1. The van der Waals surface area contributed by atoms with Gasteiger partial charge in [0.15, 0.2) is 5.82 Å². The number of fused-ring (bicyclic) bond motifs is 6. The zero-order valence-corrected chi connectivity index (χ0v) is 30.4. The minimum Gasteiger partial charge on any atom is -0.309 e. The lowest BCUT2D eigenvalue weighted by Crippen LogP contribution is -2.00. The summed E-state index contributed by atoms with van der Waals surface area (Å²) in [5.41, 5.74) is 14.1. The molecular weight excluding hydrogens is 681 g/mol. The van der Waals surface area contributed by atoms with Crippen LogP contribution in [0.25, 0.3) is 100 Å². The molecule has 3 heterocycles. The van der Waals surface area contributed by atoms with E-state index in [0.717, 1.165) is 56.0 Å². The largest absolute Gasteiger partial charge is 0.309 e. The Bertz CT molecular complexity index is 3170. The number of hydrogen-bond acceptors (Lipinski definition) is 2. The molecule has 0 radical (unpaired) electrons. The fraction of sp³-hybridized carbons (Fsp3) is 0. The molecular formula is C52H34N4. The second-order valence-corrected chi connectivity index (χ2v) is 14.2. The molecule has 4 nitrogen and oxygen atoms in total. The van der Waals surface area contributed by atoms with E-state index in [1.807, 2.05) is 24.3 Å². The van der Waals surface area contributed by atoms with Crippen LogP contribution >= 0.6 is 0 Å². The molecule has 0 aliphatic carbocycles. The van der Waals surface area contributed by atoms with Gasteiger partial charge in [0, 0.05) is 43.9 Å². The van der Waals surface area contributed by atoms with Crippen molar-refractivity contribution in [1.82, 2.24) is 19.1 Å². The number of para-hydroxylation sites is 4. The Morgan fingerprint density at radius 1 is 0.304 bits per heavy atom. The SMILES string of the molecule is c1ccc(-c2cc(-c3ccccc3-n3c4ccccc4c4ccc(-c5ccc6c(c5)c5ccccc5n6-c5ccccc5)cc43)nc(-c3ccccc3)n2)cc1. The lowest BCUT2D eigenvalue weighted by atomic mass is 10.0. The van der Waals surface area contributed by atoms with Gasteiger partial charge >= 0.3 is 0 Å². The highest BCUT2D eigenvalue weighted by Crippen LogP contribution is 2.40. The predicted molar refractivity (Wildman–Crippen MR) is 232 cm³/mol. The third-order valence-corrected chi connectivity index (χ3v) is 10.9. The summed E-state index contributed by atoms with van der Waals surface area (Å²) < 4.78 is 4.78. The van der Waals surface area contributed by atoms with Crippen molar-refractivity contribution >= 4 is 43.6 Å². The van der Waals surface area contributed by atoms with Crippen LogP contribution in [0.2, 0.25) is 0 Å². The Balaban J connectivity index is 1.12. The van der Waals surface area contributed by atoms with Gasteiger partial charge in [-0.3, -0.25) is 0 Å². The predicted octanol–water partition coefficient (Wildman–Crippen LogP) is 13.3. The maximum atomic E-state index is 5.25. The summed E-state index contributed by atoms with van der Waals surface area (Å²) in [6.45, 7) is 0. The molecule has 262 valence electrons. The monoisotopic (exact) mass is 714 g/mol. The molecule has 0 N–H and O–H groups in total. The molecule has 0 saturated carbocycles. The molecule has 0 unspecified atom stereocenters. The minimum atomic E-state index is 0.699. The van der Waals surface area contributed by atoms with Crippen molar-refractivity contribution in [3.8, 4) is 56.4 Å². The number of nitrogens with zero attached hydrogens (tertiary/aromatic N) is 4. The van der Waals surface area contributed by atoms with Gasteiger partial charge in [0.2, 0.25) is 0 Å². The molecule has 3 aromatic heterocycles. The average molecular weight is 715 g/mol. The van der Waals surface area contributed by atoms with Crippen molar-refractivity contribution in [3.63, 3.8) is 0 Å². The summed E-state index contributed by atoms with van der Waals surface area (Å²) in [5.74, 6) is 0.699. The van der Waals surface area contributed by atoms with Gasteiger partial charge in [0.05, 0.1) is 39.1 Å². The van der Waals surface area contributed by atoms with E-state index in [1.165, 1.54) is 38.1 Å². The quantitative estimate of drug-likeness (QED) is 0.172. The summed E-state index contributed by atoms with van der Waals surface area (Å²) in [7, 11) is 0. The van der Waals surface area contributed by atoms with Crippen molar-refractivity contribution in [2.45, 2.75) is 0 Å². The Labute approximate surface area is 324 Å². The smallest absolute Gasteiger partial charge is 0.160 e. The van der Waals surface area contributed by atoms with E-state index in [9.17, 15) is 0 Å². The molecule has 0 fully saturated rings. The van der Waals surface area contributed by atoms with Gasteiger partial charge in [-0.15, -0.1) is 0 Å². The van der Waals surface area contributed by atoms with Gasteiger partial charge < -0.3 is 9.13 Å². The van der Waals surface area contributed by atoms with Crippen LogP contribution in [0.1, 0.15) is 0 Å². The lowest BCUT2D eigenvalue weighted by Gasteiger charge is -2.15. The van der Waals surface area contributed by atoms with Crippen molar-refractivity contribution in [1.29, 1.82) is 0 Å². The highest BCUT2D eigenvalue weighted by molar-refractivity contribution is 6.12.